The van der Waals surface area contributed by atoms with Crippen molar-refractivity contribution in [2.75, 3.05) is 26.3 Å². The molecule has 0 aromatic heterocycles. The maximum Gasteiger partial charge on any atom is 0.0608 e. The van der Waals surface area contributed by atoms with Gasteiger partial charge in [-0.25, -0.2) is 10.4 Å². The lowest BCUT2D eigenvalue weighted by molar-refractivity contribution is 0.00132. The van der Waals surface area contributed by atoms with Gasteiger partial charge in [-0.3, -0.25) is 0 Å². The van der Waals surface area contributed by atoms with Gasteiger partial charge in [0.05, 0.1) is 13.2 Å². The predicted molar refractivity (Wildman–Crippen MR) is 67.4 cm³/mol. The molecule has 2 aliphatic rings. The van der Waals surface area contributed by atoms with Gasteiger partial charge in [-0.2, -0.15) is 0 Å². The molecule has 0 radical (unpaired) electrons. The summed E-state index contributed by atoms with van der Waals surface area (Å²) < 4.78 is 5.38. The summed E-state index contributed by atoms with van der Waals surface area (Å²) in [6.45, 7) is 3.68. The molecule has 0 spiro atoms. The lowest BCUT2D eigenvalue weighted by Gasteiger charge is -2.32. The topological polar surface area (TPSA) is 24.5 Å². The molecule has 0 bridgehead atoms. The van der Waals surface area contributed by atoms with Crippen LogP contribution in [0.2, 0.25) is 0 Å². The van der Waals surface area contributed by atoms with Gasteiger partial charge in [-0.1, -0.05) is 30.3 Å². The van der Waals surface area contributed by atoms with Gasteiger partial charge in [0.1, 0.15) is 0 Å². The van der Waals surface area contributed by atoms with Crippen molar-refractivity contribution in [3.8, 4) is 0 Å². The zero-order valence-electron chi connectivity index (χ0n) is 10.1. The Kier molecular flexibility index (Phi) is 3.41. The maximum atomic E-state index is 5.38. The van der Waals surface area contributed by atoms with Crippen molar-refractivity contribution in [2.24, 2.45) is 5.92 Å². The molecule has 3 heteroatoms. The molecule has 1 aliphatic heterocycles. The number of rotatable bonds is 4. The number of hydrazine groups is 1. The highest BCUT2D eigenvalue weighted by Crippen LogP contribution is 2.41. The summed E-state index contributed by atoms with van der Waals surface area (Å²) in [5.74, 6) is 0.820. The van der Waals surface area contributed by atoms with Crippen LogP contribution in [-0.2, 0) is 4.74 Å². The summed E-state index contributed by atoms with van der Waals surface area (Å²) in [6.07, 6.45) is 2.72. The number of ether oxygens (including phenoxy) is 1. The Balaban J connectivity index is 1.67. The van der Waals surface area contributed by atoms with Crippen LogP contribution in [0.5, 0.6) is 0 Å². The van der Waals surface area contributed by atoms with Crippen LogP contribution in [0.4, 0.5) is 0 Å². The van der Waals surface area contributed by atoms with Crippen molar-refractivity contribution in [1.82, 2.24) is 10.4 Å². The molecule has 2 fully saturated rings. The minimum absolute atomic E-state index is 0.495. The molecule has 1 aromatic rings. The van der Waals surface area contributed by atoms with E-state index in [-0.39, 0.29) is 0 Å². The molecule has 1 atom stereocenters. The molecule has 92 valence electrons. The number of nitrogens with one attached hydrogen (secondary N) is 1. The fourth-order valence-corrected chi connectivity index (χ4v) is 2.43. The third-order valence-corrected chi connectivity index (χ3v) is 3.58. The normalized spacial score (nSPS) is 23.5. The monoisotopic (exact) mass is 232 g/mol. The molecule has 1 heterocycles. The Labute approximate surface area is 103 Å². The molecular weight excluding hydrogens is 212 g/mol. The van der Waals surface area contributed by atoms with Gasteiger partial charge in [-0.05, 0) is 24.3 Å². The van der Waals surface area contributed by atoms with E-state index in [0.29, 0.717) is 6.04 Å². The van der Waals surface area contributed by atoms with E-state index in [1.54, 1.807) is 0 Å². The van der Waals surface area contributed by atoms with Gasteiger partial charge in [0.2, 0.25) is 0 Å². The zero-order chi connectivity index (χ0) is 11.5. The lowest BCUT2D eigenvalue weighted by Crippen LogP contribution is -2.47. The van der Waals surface area contributed by atoms with Crippen LogP contribution in [0.15, 0.2) is 30.3 Å². The standard InChI is InChI=1S/C14H20N2O/c1-2-4-12(5-3-1)14(13-6-7-13)15-16-8-10-17-11-9-16/h1-5,13-15H,6-11H2. The largest absolute Gasteiger partial charge is 0.379 e. The second kappa shape index (κ2) is 5.17. The van der Waals surface area contributed by atoms with E-state index in [1.165, 1.54) is 18.4 Å². The zero-order valence-corrected chi connectivity index (χ0v) is 10.1. The first kappa shape index (κ1) is 11.2. The number of hydrogen-bond acceptors (Lipinski definition) is 3. The van der Waals surface area contributed by atoms with Crippen LogP contribution in [0.3, 0.4) is 0 Å². The maximum absolute atomic E-state index is 5.38. The van der Waals surface area contributed by atoms with Crippen LogP contribution in [0, 0.1) is 5.92 Å². The average Bonchev–Trinajstić information content (AvgIpc) is 3.23. The Morgan fingerprint density at radius 3 is 2.47 bits per heavy atom. The third-order valence-electron chi connectivity index (χ3n) is 3.58. The van der Waals surface area contributed by atoms with Gasteiger partial charge < -0.3 is 4.74 Å². The Hall–Kier alpha value is -0.900. The number of nitrogens with zero attached hydrogens (tertiary/aromatic N) is 1. The Morgan fingerprint density at radius 1 is 1.12 bits per heavy atom. The molecule has 1 unspecified atom stereocenters. The van der Waals surface area contributed by atoms with E-state index >= 15 is 0 Å². The van der Waals surface area contributed by atoms with Crippen molar-refractivity contribution in [2.45, 2.75) is 18.9 Å². The molecule has 3 rings (SSSR count). The molecule has 1 saturated heterocycles. The second-order valence-electron chi connectivity index (χ2n) is 4.95. The first-order valence-corrected chi connectivity index (χ1v) is 6.57. The van der Waals surface area contributed by atoms with Crippen molar-refractivity contribution in [3.05, 3.63) is 35.9 Å². The third kappa shape index (κ3) is 2.86. The summed E-state index contributed by atoms with van der Waals surface area (Å²) in [6, 6.07) is 11.3. The first-order valence-electron chi connectivity index (χ1n) is 6.57. The number of hydrogen-bond donors (Lipinski definition) is 1. The minimum Gasteiger partial charge on any atom is -0.379 e. The number of morpholine rings is 1. The van der Waals surface area contributed by atoms with Crippen LogP contribution in [0.1, 0.15) is 24.4 Å². The van der Waals surface area contributed by atoms with Crippen molar-refractivity contribution >= 4 is 0 Å². The fraction of sp³-hybridized carbons (Fsp3) is 0.571. The minimum atomic E-state index is 0.495. The molecular formula is C14H20N2O. The van der Waals surface area contributed by atoms with E-state index < -0.39 is 0 Å². The highest BCUT2D eigenvalue weighted by atomic mass is 16.5. The molecule has 1 aliphatic carbocycles. The summed E-state index contributed by atoms with van der Waals surface area (Å²) in [5, 5.41) is 2.32. The van der Waals surface area contributed by atoms with Crippen LogP contribution >= 0.6 is 0 Å². The molecule has 1 N–H and O–H groups in total. The molecule has 17 heavy (non-hydrogen) atoms. The summed E-state index contributed by atoms with van der Waals surface area (Å²) >= 11 is 0. The van der Waals surface area contributed by atoms with E-state index in [1.807, 2.05) is 0 Å². The van der Waals surface area contributed by atoms with Crippen LogP contribution in [0.25, 0.3) is 0 Å². The van der Waals surface area contributed by atoms with Crippen molar-refractivity contribution < 1.29 is 4.74 Å². The fourth-order valence-electron chi connectivity index (χ4n) is 2.43. The van der Waals surface area contributed by atoms with Crippen LogP contribution in [-0.4, -0.2) is 31.3 Å². The summed E-state index contributed by atoms with van der Waals surface area (Å²) in [5.41, 5.74) is 5.11. The molecule has 0 amide bonds. The molecule has 1 aromatic carbocycles. The van der Waals surface area contributed by atoms with Crippen molar-refractivity contribution in [3.63, 3.8) is 0 Å². The molecule has 3 nitrogen and oxygen atoms in total. The lowest BCUT2D eigenvalue weighted by atomic mass is 10.0. The van der Waals surface area contributed by atoms with E-state index in [0.717, 1.165) is 32.2 Å². The van der Waals surface area contributed by atoms with Gasteiger partial charge in [0, 0.05) is 19.1 Å². The van der Waals surface area contributed by atoms with Gasteiger partial charge in [0.25, 0.3) is 0 Å². The highest BCUT2D eigenvalue weighted by Gasteiger charge is 2.33. The van der Waals surface area contributed by atoms with Crippen molar-refractivity contribution in [1.29, 1.82) is 0 Å². The predicted octanol–water partition coefficient (Wildman–Crippen LogP) is 1.97. The van der Waals surface area contributed by atoms with E-state index in [2.05, 4.69) is 40.8 Å². The summed E-state index contributed by atoms with van der Waals surface area (Å²) in [7, 11) is 0. The highest BCUT2D eigenvalue weighted by molar-refractivity contribution is 5.20. The SMILES string of the molecule is c1ccc(C(NN2CCOCC2)C2CC2)cc1. The Bertz CT molecular complexity index is 344. The smallest absolute Gasteiger partial charge is 0.0608 e. The van der Waals surface area contributed by atoms with Crippen LogP contribution < -0.4 is 5.43 Å². The van der Waals surface area contributed by atoms with Gasteiger partial charge in [0.15, 0.2) is 0 Å². The first-order chi connectivity index (χ1) is 8.43. The molecule has 1 saturated carbocycles. The van der Waals surface area contributed by atoms with E-state index in [4.69, 9.17) is 4.74 Å². The average molecular weight is 232 g/mol. The van der Waals surface area contributed by atoms with Gasteiger partial charge >= 0.3 is 0 Å². The Morgan fingerprint density at radius 2 is 1.82 bits per heavy atom. The quantitative estimate of drug-likeness (QED) is 0.859. The summed E-state index contributed by atoms with van der Waals surface area (Å²) in [4.78, 5) is 0. The second-order valence-corrected chi connectivity index (χ2v) is 4.95. The van der Waals surface area contributed by atoms with Gasteiger partial charge in [-0.15, -0.1) is 0 Å². The van der Waals surface area contributed by atoms with E-state index in [9.17, 15) is 0 Å². The number of benzene rings is 1.